The van der Waals surface area contributed by atoms with Gasteiger partial charge in [0.05, 0.1) is 5.69 Å². The lowest BCUT2D eigenvalue weighted by Gasteiger charge is -2.14. The molecular formula is C8H10N2O4S. The lowest BCUT2D eigenvalue weighted by atomic mass is 10.3. The molecule has 0 bridgehead atoms. The highest BCUT2D eigenvalue weighted by Gasteiger charge is 2.21. The molecule has 1 amide bonds. The van der Waals surface area contributed by atoms with Crippen molar-refractivity contribution in [2.45, 2.75) is 0 Å². The molecule has 15 heavy (non-hydrogen) atoms. The van der Waals surface area contributed by atoms with Crippen LogP contribution in [0.15, 0.2) is 30.3 Å². The summed E-state index contributed by atoms with van der Waals surface area (Å²) >= 11 is 0. The van der Waals surface area contributed by atoms with Gasteiger partial charge in [-0.05, 0) is 12.1 Å². The van der Waals surface area contributed by atoms with Crippen LogP contribution in [0.3, 0.4) is 0 Å². The van der Waals surface area contributed by atoms with Gasteiger partial charge in [0.25, 0.3) is 0 Å². The summed E-state index contributed by atoms with van der Waals surface area (Å²) in [5.74, 6) is 0. The summed E-state index contributed by atoms with van der Waals surface area (Å²) < 4.78 is 25.1. The minimum atomic E-state index is -4.03. The topological polar surface area (TPSA) is 86.7 Å². The highest BCUT2D eigenvalue weighted by atomic mass is 32.2. The maximum atomic E-state index is 11.4. The second-order valence-corrected chi connectivity index (χ2v) is 4.43. The smallest absolute Gasteiger partial charge is 0.422 e. The summed E-state index contributed by atoms with van der Waals surface area (Å²) in [5, 5.41) is 8.50. The van der Waals surface area contributed by atoms with E-state index in [1.54, 1.807) is 18.2 Å². The lowest BCUT2D eigenvalue weighted by molar-refractivity contribution is 0.178. The zero-order chi connectivity index (χ0) is 11.5. The van der Waals surface area contributed by atoms with E-state index in [2.05, 4.69) is 4.72 Å². The molecule has 0 aromatic heterocycles. The van der Waals surface area contributed by atoms with Crippen LogP contribution >= 0.6 is 0 Å². The van der Waals surface area contributed by atoms with Gasteiger partial charge in [-0.15, -0.1) is 0 Å². The van der Waals surface area contributed by atoms with E-state index in [-0.39, 0.29) is 4.31 Å². The Bertz CT molecular complexity index is 443. The van der Waals surface area contributed by atoms with Crippen LogP contribution in [0, 0.1) is 0 Å². The van der Waals surface area contributed by atoms with Crippen molar-refractivity contribution < 1.29 is 18.3 Å². The molecule has 0 radical (unpaired) electrons. The number of nitrogens with one attached hydrogen (secondary N) is 1. The van der Waals surface area contributed by atoms with Gasteiger partial charge < -0.3 is 5.11 Å². The molecular weight excluding hydrogens is 220 g/mol. The third-order valence-electron chi connectivity index (χ3n) is 1.65. The van der Waals surface area contributed by atoms with Crippen LogP contribution in [0.2, 0.25) is 0 Å². The summed E-state index contributed by atoms with van der Waals surface area (Å²) in [5.41, 5.74) is 0.311. The summed E-state index contributed by atoms with van der Waals surface area (Å²) in [6.07, 6.45) is -1.54. The van der Waals surface area contributed by atoms with Gasteiger partial charge in [0.1, 0.15) is 0 Å². The molecule has 0 heterocycles. The summed E-state index contributed by atoms with van der Waals surface area (Å²) in [6.45, 7) is 0. The predicted octanol–water partition coefficient (Wildman–Crippen LogP) is 0.953. The number of carboxylic acid groups (broad SMARTS) is 1. The zero-order valence-electron chi connectivity index (χ0n) is 7.91. The monoisotopic (exact) mass is 230 g/mol. The molecule has 0 aliphatic carbocycles. The Kier molecular flexibility index (Phi) is 3.15. The molecule has 0 saturated heterocycles. The molecule has 1 rings (SSSR count). The Hall–Kier alpha value is -1.76. The van der Waals surface area contributed by atoms with Crippen molar-refractivity contribution in [2.75, 3.05) is 11.8 Å². The molecule has 0 saturated carbocycles. The van der Waals surface area contributed by atoms with Crippen molar-refractivity contribution >= 4 is 22.0 Å². The van der Waals surface area contributed by atoms with Gasteiger partial charge in [0, 0.05) is 7.05 Å². The average molecular weight is 230 g/mol. The highest BCUT2D eigenvalue weighted by molar-refractivity contribution is 7.90. The third kappa shape index (κ3) is 2.84. The van der Waals surface area contributed by atoms with Crippen molar-refractivity contribution in [2.24, 2.45) is 0 Å². The lowest BCUT2D eigenvalue weighted by Crippen LogP contribution is -2.36. The first-order valence-electron chi connectivity index (χ1n) is 3.98. The minimum absolute atomic E-state index is 0.208. The number of carbonyl (C=O) groups is 1. The van der Waals surface area contributed by atoms with Crippen LogP contribution in [-0.4, -0.2) is 31.0 Å². The first-order chi connectivity index (χ1) is 6.93. The number of anilines is 1. The number of rotatable bonds is 3. The molecule has 0 spiro atoms. The third-order valence-corrected chi connectivity index (χ3v) is 3.02. The predicted molar refractivity (Wildman–Crippen MR) is 54.8 cm³/mol. The molecule has 0 unspecified atom stereocenters. The molecule has 82 valence electrons. The molecule has 2 N–H and O–H groups in total. The van der Waals surface area contributed by atoms with Crippen molar-refractivity contribution in [1.29, 1.82) is 0 Å². The number of amides is 1. The van der Waals surface area contributed by atoms with E-state index >= 15 is 0 Å². The van der Waals surface area contributed by atoms with E-state index in [9.17, 15) is 13.2 Å². The second-order valence-electron chi connectivity index (χ2n) is 2.72. The van der Waals surface area contributed by atoms with Gasteiger partial charge >= 0.3 is 16.3 Å². The van der Waals surface area contributed by atoms with E-state index < -0.39 is 16.3 Å². The van der Waals surface area contributed by atoms with E-state index in [1.807, 2.05) is 0 Å². The van der Waals surface area contributed by atoms with Crippen molar-refractivity contribution in [1.82, 2.24) is 4.31 Å². The first-order valence-corrected chi connectivity index (χ1v) is 5.42. The van der Waals surface area contributed by atoms with E-state index in [0.29, 0.717) is 5.69 Å². The van der Waals surface area contributed by atoms with E-state index in [1.165, 1.54) is 12.1 Å². The highest BCUT2D eigenvalue weighted by Crippen LogP contribution is 2.09. The normalized spacial score (nSPS) is 10.7. The Morgan fingerprint density at radius 1 is 1.33 bits per heavy atom. The first kappa shape index (κ1) is 11.3. The summed E-state index contributed by atoms with van der Waals surface area (Å²) in [4.78, 5) is 10.4. The summed E-state index contributed by atoms with van der Waals surface area (Å²) in [7, 11) is -3.08. The number of hydrogen-bond donors (Lipinski definition) is 2. The van der Waals surface area contributed by atoms with Crippen LogP contribution in [0.25, 0.3) is 0 Å². The molecule has 0 aliphatic rings. The van der Waals surface area contributed by atoms with E-state index in [4.69, 9.17) is 5.11 Å². The molecule has 0 atom stereocenters. The number of hydrogen-bond acceptors (Lipinski definition) is 3. The average Bonchev–Trinajstić information content (AvgIpc) is 2.17. The van der Waals surface area contributed by atoms with Gasteiger partial charge in [-0.2, -0.15) is 12.7 Å². The van der Waals surface area contributed by atoms with Crippen LogP contribution < -0.4 is 4.72 Å². The molecule has 0 fully saturated rings. The number of benzene rings is 1. The van der Waals surface area contributed by atoms with Crippen molar-refractivity contribution in [3.8, 4) is 0 Å². The Morgan fingerprint density at radius 3 is 2.33 bits per heavy atom. The maximum Gasteiger partial charge on any atom is 0.422 e. The number of nitrogens with zero attached hydrogens (tertiary/aromatic N) is 1. The fourth-order valence-electron chi connectivity index (χ4n) is 0.826. The van der Waals surface area contributed by atoms with E-state index in [0.717, 1.165) is 7.05 Å². The Morgan fingerprint density at radius 2 is 1.87 bits per heavy atom. The fraction of sp³-hybridized carbons (Fsp3) is 0.125. The molecule has 0 aliphatic heterocycles. The maximum absolute atomic E-state index is 11.4. The van der Waals surface area contributed by atoms with Crippen LogP contribution in [0.5, 0.6) is 0 Å². The Balaban J connectivity index is 2.87. The molecule has 1 aromatic carbocycles. The van der Waals surface area contributed by atoms with Gasteiger partial charge in [-0.3, -0.25) is 4.72 Å². The quantitative estimate of drug-likeness (QED) is 0.809. The van der Waals surface area contributed by atoms with Gasteiger partial charge in [0.15, 0.2) is 0 Å². The second kappa shape index (κ2) is 4.18. The van der Waals surface area contributed by atoms with Gasteiger partial charge in [-0.25, -0.2) is 4.79 Å². The van der Waals surface area contributed by atoms with Crippen LogP contribution in [0.4, 0.5) is 10.5 Å². The molecule has 7 heteroatoms. The van der Waals surface area contributed by atoms with Gasteiger partial charge in [0.2, 0.25) is 0 Å². The Labute approximate surface area is 87.3 Å². The van der Waals surface area contributed by atoms with Gasteiger partial charge in [-0.1, -0.05) is 18.2 Å². The molecule has 6 nitrogen and oxygen atoms in total. The minimum Gasteiger partial charge on any atom is -0.464 e. The zero-order valence-corrected chi connectivity index (χ0v) is 8.73. The number of para-hydroxylation sites is 1. The van der Waals surface area contributed by atoms with Crippen molar-refractivity contribution in [3.05, 3.63) is 30.3 Å². The van der Waals surface area contributed by atoms with Crippen LogP contribution in [0.1, 0.15) is 0 Å². The standard InChI is InChI=1S/C8H10N2O4S/c1-10(8(11)12)15(13,14)9-7-5-3-2-4-6-7/h2-6,9H,1H3,(H,11,12). The van der Waals surface area contributed by atoms with Crippen molar-refractivity contribution in [3.63, 3.8) is 0 Å². The van der Waals surface area contributed by atoms with Crippen LogP contribution in [-0.2, 0) is 10.2 Å². The largest absolute Gasteiger partial charge is 0.464 e. The molecule has 1 aromatic rings. The SMILES string of the molecule is CN(C(=O)O)S(=O)(=O)Nc1ccccc1. The fourth-order valence-corrected chi connectivity index (χ4v) is 1.60. The summed E-state index contributed by atoms with van der Waals surface area (Å²) in [6, 6.07) is 8.04.